The summed E-state index contributed by atoms with van der Waals surface area (Å²) < 4.78 is 13.7. The molecule has 128 valence electrons. The van der Waals surface area contributed by atoms with Gasteiger partial charge < -0.3 is 14.0 Å². The van der Waals surface area contributed by atoms with Crippen LogP contribution in [0, 0.1) is 0 Å². The molecular weight excluding hydrogens is 344 g/mol. The van der Waals surface area contributed by atoms with E-state index in [9.17, 15) is 4.79 Å². The van der Waals surface area contributed by atoms with E-state index in [-0.39, 0.29) is 5.76 Å². The molecule has 0 aliphatic carbocycles. The fraction of sp³-hybridized carbons (Fsp3) is 0.412. The summed E-state index contributed by atoms with van der Waals surface area (Å²) in [6.07, 6.45) is 4.41. The Bertz CT molecular complexity index is 836. The number of rotatable bonds is 5. The zero-order valence-electron chi connectivity index (χ0n) is 13.8. The topological polar surface area (TPSA) is 52.8 Å². The minimum atomic E-state index is -0.394. The second kappa shape index (κ2) is 7.90. The van der Waals surface area contributed by atoms with Gasteiger partial charge in [-0.25, -0.2) is 0 Å². The maximum Gasteiger partial charge on any atom is 0.317 e. The Labute approximate surface area is 149 Å². The lowest BCUT2D eigenvalue weighted by molar-refractivity contribution is -0.119. The third-order valence-electron chi connectivity index (χ3n) is 3.73. The second-order valence-electron chi connectivity index (χ2n) is 5.30. The van der Waals surface area contributed by atoms with Crippen molar-refractivity contribution < 1.29 is 14.3 Å². The van der Waals surface area contributed by atoms with Crippen LogP contribution in [0.3, 0.4) is 0 Å². The highest BCUT2D eigenvalue weighted by Gasteiger charge is 2.15. The summed E-state index contributed by atoms with van der Waals surface area (Å²) in [5, 5.41) is 0. The molecule has 2 heterocycles. The lowest BCUT2D eigenvalue weighted by atomic mass is 10.2. The zero-order chi connectivity index (χ0) is 16.9. The molecule has 0 saturated heterocycles. The molecule has 0 N–H and O–H groups in total. The van der Waals surface area contributed by atoms with Gasteiger partial charge in [0.2, 0.25) is 5.76 Å². The zero-order valence-corrected chi connectivity index (χ0v) is 15.4. The molecule has 2 aromatic rings. The maximum absolute atomic E-state index is 12.3. The first kappa shape index (κ1) is 17.1. The van der Waals surface area contributed by atoms with Crippen molar-refractivity contribution in [3.05, 3.63) is 40.6 Å². The Morgan fingerprint density at radius 2 is 2.29 bits per heavy atom. The van der Waals surface area contributed by atoms with Gasteiger partial charge in [0.1, 0.15) is 19.5 Å². The minimum Gasteiger partial charge on any atom is -0.494 e. The largest absolute Gasteiger partial charge is 0.494 e. The lowest BCUT2D eigenvalue weighted by Crippen LogP contribution is -2.20. The molecule has 7 heteroatoms. The van der Waals surface area contributed by atoms with Gasteiger partial charge in [-0.3, -0.25) is 4.79 Å². The number of hydrogen-bond donors (Lipinski definition) is 0. The number of carbonyl (C=O) groups is 1. The van der Waals surface area contributed by atoms with E-state index in [0.29, 0.717) is 18.0 Å². The van der Waals surface area contributed by atoms with Gasteiger partial charge in [-0.2, -0.15) is 16.8 Å². The summed E-state index contributed by atoms with van der Waals surface area (Å²) in [6.45, 7) is 3.80. The molecule has 0 saturated carbocycles. The summed E-state index contributed by atoms with van der Waals surface area (Å²) in [5.74, 6) is 0.740. The van der Waals surface area contributed by atoms with Crippen LogP contribution in [-0.4, -0.2) is 35.7 Å². The summed E-state index contributed by atoms with van der Waals surface area (Å²) in [7, 11) is 0. The van der Waals surface area contributed by atoms with Crippen LogP contribution in [0.25, 0.3) is 10.2 Å². The molecule has 5 nitrogen and oxygen atoms in total. The van der Waals surface area contributed by atoms with E-state index < -0.39 is 5.91 Å². The van der Waals surface area contributed by atoms with E-state index in [1.54, 1.807) is 11.8 Å². The van der Waals surface area contributed by atoms with Gasteiger partial charge in [-0.05, 0) is 30.4 Å². The highest BCUT2D eigenvalue weighted by Crippen LogP contribution is 2.20. The van der Waals surface area contributed by atoms with Crippen LogP contribution in [0.4, 0.5) is 0 Å². The summed E-state index contributed by atoms with van der Waals surface area (Å²) >= 11 is 3.31. The van der Waals surface area contributed by atoms with Crippen molar-refractivity contribution in [3.8, 4) is 0 Å². The molecule has 3 rings (SSSR count). The number of benzene rings is 1. The number of aromatic nitrogens is 1. The van der Waals surface area contributed by atoms with Crippen molar-refractivity contribution in [1.29, 1.82) is 0 Å². The number of ether oxygens (including phenoxy) is 2. The quantitative estimate of drug-likeness (QED) is 0.819. The number of hydrogen-bond acceptors (Lipinski definition) is 5. The molecule has 0 bridgehead atoms. The molecule has 1 aromatic carbocycles. The Kier molecular flexibility index (Phi) is 5.63. The average molecular weight is 364 g/mol. The van der Waals surface area contributed by atoms with Gasteiger partial charge >= 0.3 is 5.91 Å². The van der Waals surface area contributed by atoms with Crippen LogP contribution < -0.4 is 4.80 Å². The standard InChI is InChI=1S/C17H20N2O3S2/c1-3-12-4-5-13-15(10-12)24-17(19(13)6-9-23-2)18-16(20)14-11-21-7-8-22-14/h4-5,10-11H,3,6-9H2,1-2H3. The van der Waals surface area contributed by atoms with E-state index in [2.05, 4.69) is 40.9 Å². The molecule has 24 heavy (non-hydrogen) atoms. The Hall–Kier alpha value is -1.73. The third-order valence-corrected chi connectivity index (χ3v) is 5.36. The molecular formula is C17H20N2O3S2. The second-order valence-corrected chi connectivity index (χ2v) is 7.30. The highest BCUT2D eigenvalue weighted by atomic mass is 32.2. The summed E-state index contributed by atoms with van der Waals surface area (Å²) in [6, 6.07) is 6.43. The van der Waals surface area contributed by atoms with Gasteiger partial charge in [0.25, 0.3) is 0 Å². The molecule has 1 amide bonds. The SMILES string of the molecule is CCc1ccc2c(c1)sc(=NC(=O)C1=COCCO1)n2CCSC. The Morgan fingerprint density at radius 3 is 3.00 bits per heavy atom. The third kappa shape index (κ3) is 3.67. The number of thioether (sulfide) groups is 1. The van der Waals surface area contributed by atoms with Crippen molar-refractivity contribution in [2.24, 2.45) is 4.99 Å². The fourth-order valence-corrected chi connectivity index (χ4v) is 3.93. The maximum atomic E-state index is 12.3. The van der Waals surface area contributed by atoms with E-state index in [0.717, 1.165) is 28.9 Å². The normalized spacial score (nSPS) is 15.1. The number of amides is 1. The molecule has 1 aliphatic heterocycles. The van der Waals surface area contributed by atoms with Crippen molar-refractivity contribution >= 4 is 39.2 Å². The van der Waals surface area contributed by atoms with E-state index in [1.165, 1.54) is 23.2 Å². The first-order valence-corrected chi connectivity index (χ1v) is 10.1. The Morgan fingerprint density at radius 1 is 1.42 bits per heavy atom. The first-order chi connectivity index (χ1) is 11.7. The summed E-state index contributed by atoms with van der Waals surface area (Å²) in [5.41, 5.74) is 2.40. The van der Waals surface area contributed by atoms with Gasteiger partial charge in [-0.15, -0.1) is 0 Å². The van der Waals surface area contributed by atoms with Crippen LogP contribution >= 0.6 is 23.1 Å². The van der Waals surface area contributed by atoms with Crippen LogP contribution in [0.5, 0.6) is 0 Å². The van der Waals surface area contributed by atoms with Crippen LogP contribution in [0.15, 0.2) is 35.2 Å². The molecule has 1 aliphatic rings. The average Bonchev–Trinajstić information content (AvgIpc) is 2.96. The Balaban J connectivity index is 2.05. The van der Waals surface area contributed by atoms with E-state index >= 15 is 0 Å². The molecule has 0 atom stereocenters. The monoisotopic (exact) mass is 364 g/mol. The van der Waals surface area contributed by atoms with Gasteiger partial charge in [0.15, 0.2) is 4.80 Å². The van der Waals surface area contributed by atoms with Gasteiger partial charge in [-0.1, -0.05) is 24.3 Å². The number of aryl methyl sites for hydroxylation is 2. The predicted molar refractivity (Wildman–Crippen MR) is 98.1 cm³/mol. The predicted octanol–water partition coefficient (Wildman–Crippen LogP) is 2.94. The van der Waals surface area contributed by atoms with Gasteiger partial charge in [0, 0.05) is 12.3 Å². The molecule has 1 aromatic heterocycles. The first-order valence-electron chi connectivity index (χ1n) is 7.87. The van der Waals surface area contributed by atoms with Crippen molar-refractivity contribution in [2.75, 3.05) is 25.2 Å². The molecule has 0 radical (unpaired) electrons. The lowest BCUT2D eigenvalue weighted by Gasteiger charge is -2.12. The van der Waals surface area contributed by atoms with E-state index in [1.807, 2.05) is 0 Å². The molecule has 0 fully saturated rings. The van der Waals surface area contributed by atoms with Crippen molar-refractivity contribution in [2.45, 2.75) is 19.9 Å². The van der Waals surface area contributed by atoms with Crippen LogP contribution in [0.2, 0.25) is 0 Å². The molecule has 0 spiro atoms. The van der Waals surface area contributed by atoms with Crippen molar-refractivity contribution in [1.82, 2.24) is 4.57 Å². The number of carbonyl (C=O) groups excluding carboxylic acids is 1. The van der Waals surface area contributed by atoms with Crippen LogP contribution in [0.1, 0.15) is 12.5 Å². The number of nitrogens with zero attached hydrogens (tertiary/aromatic N) is 2. The fourth-order valence-electron chi connectivity index (χ4n) is 2.44. The molecule has 0 unspecified atom stereocenters. The van der Waals surface area contributed by atoms with E-state index in [4.69, 9.17) is 9.47 Å². The minimum absolute atomic E-state index is 0.171. The smallest absolute Gasteiger partial charge is 0.317 e. The van der Waals surface area contributed by atoms with Gasteiger partial charge in [0.05, 0.1) is 10.2 Å². The van der Waals surface area contributed by atoms with Crippen LogP contribution in [-0.2, 0) is 27.2 Å². The van der Waals surface area contributed by atoms with Crippen molar-refractivity contribution in [3.63, 3.8) is 0 Å². The summed E-state index contributed by atoms with van der Waals surface area (Å²) in [4.78, 5) is 17.3. The highest BCUT2D eigenvalue weighted by molar-refractivity contribution is 7.98. The number of fused-ring (bicyclic) bond motifs is 1. The number of thiazole rings is 1.